The van der Waals surface area contributed by atoms with Crippen LogP contribution < -0.4 is 10.6 Å². The van der Waals surface area contributed by atoms with E-state index < -0.39 is 0 Å². The molecule has 4 heteroatoms. The molecule has 0 spiro atoms. The molecular formula is C17H23N3O. The van der Waals surface area contributed by atoms with Gasteiger partial charge in [-0.3, -0.25) is 4.79 Å². The van der Waals surface area contributed by atoms with E-state index in [1.54, 1.807) is 0 Å². The minimum Gasteiger partial charge on any atom is -0.388 e. The normalized spacial score (nSPS) is 11.4. The van der Waals surface area contributed by atoms with Crippen LogP contribution in [-0.4, -0.2) is 23.5 Å². The highest BCUT2D eigenvalue weighted by molar-refractivity contribution is 5.99. The molecule has 0 saturated carbocycles. The van der Waals surface area contributed by atoms with Crippen LogP contribution in [0.15, 0.2) is 30.3 Å². The average molecular weight is 285 g/mol. The molecule has 0 bridgehead atoms. The molecule has 1 heterocycles. The number of para-hydroxylation sites is 1. The lowest BCUT2D eigenvalue weighted by Gasteiger charge is -2.28. The highest BCUT2D eigenvalue weighted by Crippen LogP contribution is 2.23. The van der Waals surface area contributed by atoms with Gasteiger partial charge in [-0.1, -0.05) is 32.0 Å². The Labute approximate surface area is 126 Å². The summed E-state index contributed by atoms with van der Waals surface area (Å²) in [6.07, 6.45) is 1.78. The Kier molecular flexibility index (Phi) is 4.46. The number of rotatable bonds is 5. The van der Waals surface area contributed by atoms with Gasteiger partial charge in [0.05, 0.1) is 5.52 Å². The third kappa shape index (κ3) is 3.15. The molecule has 2 N–H and O–H groups in total. The number of benzene rings is 1. The number of pyridine rings is 1. The van der Waals surface area contributed by atoms with Gasteiger partial charge in [0.15, 0.2) is 0 Å². The van der Waals surface area contributed by atoms with E-state index in [0.717, 1.165) is 29.4 Å². The summed E-state index contributed by atoms with van der Waals surface area (Å²) in [5.41, 5.74) is 2.00. The van der Waals surface area contributed by atoms with E-state index in [4.69, 9.17) is 0 Å². The quantitative estimate of drug-likeness (QED) is 0.882. The molecule has 0 aliphatic heterocycles. The fraction of sp³-hybridized carbons (Fsp3) is 0.412. The van der Waals surface area contributed by atoms with Gasteiger partial charge in [-0.15, -0.1) is 0 Å². The zero-order chi connectivity index (χ0) is 15.5. The minimum absolute atomic E-state index is 0.122. The van der Waals surface area contributed by atoms with Crippen LogP contribution >= 0.6 is 0 Å². The van der Waals surface area contributed by atoms with Gasteiger partial charge in [-0.25, -0.2) is 4.98 Å². The summed E-state index contributed by atoms with van der Waals surface area (Å²) in [5.74, 6) is -0.122. The Morgan fingerprint density at radius 3 is 2.52 bits per heavy atom. The molecule has 21 heavy (non-hydrogen) atoms. The first-order valence-electron chi connectivity index (χ1n) is 7.43. The molecule has 2 aromatic rings. The molecule has 0 aliphatic carbocycles. The molecule has 0 atom stereocenters. The van der Waals surface area contributed by atoms with Gasteiger partial charge in [0, 0.05) is 23.7 Å². The first kappa shape index (κ1) is 15.3. The molecule has 1 amide bonds. The van der Waals surface area contributed by atoms with Crippen LogP contribution in [0.4, 0.5) is 5.69 Å². The van der Waals surface area contributed by atoms with E-state index in [0.29, 0.717) is 5.69 Å². The zero-order valence-corrected chi connectivity index (χ0v) is 13.2. The number of hydrogen-bond acceptors (Lipinski definition) is 3. The third-order valence-corrected chi connectivity index (χ3v) is 4.19. The number of fused-ring (bicyclic) bond motifs is 1. The maximum absolute atomic E-state index is 12.5. The lowest BCUT2D eigenvalue weighted by molar-refractivity contribution is 0.0896. The SMILES string of the molecule is CCC(C)(CC)NC(=O)c1cc(NC)c2ccccc2n1. The van der Waals surface area contributed by atoms with Gasteiger partial charge < -0.3 is 10.6 Å². The Hall–Kier alpha value is -2.10. The topological polar surface area (TPSA) is 54.0 Å². The van der Waals surface area contributed by atoms with E-state index in [1.165, 1.54) is 0 Å². The van der Waals surface area contributed by atoms with E-state index in [1.807, 2.05) is 37.4 Å². The molecular weight excluding hydrogens is 262 g/mol. The van der Waals surface area contributed by atoms with Crippen molar-refractivity contribution in [2.45, 2.75) is 39.2 Å². The molecule has 0 saturated heterocycles. The molecule has 0 radical (unpaired) electrons. The second kappa shape index (κ2) is 6.12. The lowest BCUT2D eigenvalue weighted by Crippen LogP contribution is -2.45. The van der Waals surface area contributed by atoms with Crippen LogP contribution in [0, 0.1) is 0 Å². The number of anilines is 1. The molecule has 0 aliphatic rings. The molecule has 2 rings (SSSR count). The van der Waals surface area contributed by atoms with Crippen molar-refractivity contribution < 1.29 is 4.79 Å². The minimum atomic E-state index is -0.190. The average Bonchev–Trinajstić information content (AvgIpc) is 2.53. The Balaban J connectivity index is 2.40. The fourth-order valence-corrected chi connectivity index (χ4v) is 2.26. The number of amides is 1. The first-order valence-corrected chi connectivity index (χ1v) is 7.43. The number of carbonyl (C=O) groups is 1. The maximum atomic E-state index is 12.5. The van der Waals surface area contributed by atoms with Crippen LogP contribution in [0.3, 0.4) is 0 Å². The van der Waals surface area contributed by atoms with Crippen LogP contribution in [0.2, 0.25) is 0 Å². The van der Waals surface area contributed by atoms with Crippen molar-refractivity contribution in [3.8, 4) is 0 Å². The Morgan fingerprint density at radius 2 is 1.90 bits per heavy atom. The van der Waals surface area contributed by atoms with Gasteiger partial charge >= 0.3 is 0 Å². The van der Waals surface area contributed by atoms with Crippen LogP contribution in [0.1, 0.15) is 44.1 Å². The van der Waals surface area contributed by atoms with Crippen molar-refractivity contribution in [3.05, 3.63) is 36.0 Å². The standard InChI is InChI=1S/C17H23N3O/c1-5-17(3,6-2)20-16(21)15-11-14(18-4)12-9-7-8-10-13(12)19-15/h7-11H,5-6H2,1-4H3,(H,18,19)(H,20,21). The van der Waals surface area contributed by atoms with E-state index in [2.05, 4.69) is 36.4 Å². The molecule has 0 fully saturated rings. The van der Waals surface area contributed by atoms with Crippen molar-refractivity contribution in [2.75, 3.05) is 12.4 Å². The predicted octanol–water partition coefficient (Wildman–Crippen LogP) is 3.59. The van der Waals surface area contributed by atoms with Gasteiger partial charge in [0.1, 0.15) is 5.69 Å². The molecule has 1 aromatic heterocycles. The second-order valence-corrected chi connectivity index (χ2v) is 5.54. The van der Waals surface area contributed by atoms with Crippen molar-refractivity contribution in [2.24, 2.45) is 0 Å². The van der Waals surface area contributed by atoms with Crippen LogP contribution in [-0.2, 0) is 0 Å². The zero-order valence-electron chi connectivity index (χ0n) is 13.2. The number of aromatic nitrogens is 1. The summed E-state index contributed by atoms with van der Waals surface area (Å²) < 4.78 is 0. The summed E-state index contributed by atoms with van der Waals surface area (Å²) in [5, 5.41) is 7.25. The molecule has 4 nitrogen and oxygen atoms in total. The van der Waals surface area contributed by atoms with Crippen molar-refractivity contribution in [1.82, 2.24) is 10.3 Å². The van der Waals surface area contributed by atoms with Crippen LogP contribution in [0.25, 0.3) is 10.9 Å². The highest BCUT2D eigenvalue weighted by atomic mass is 16.2. The Bertz CT molecular complexity index is 648. The molecule has 1 aromatic carbocycles. The van der Waals surface area contributed by atoms with Crippen molar-refractivity contribution >= 4 is 22.5 Å². The van der Waals surface area contributed by atoms with E-state index >= 15 is 0 Å². The van der Waals surface area contributed by atoms with Gasteiger partial charge in [0.2, 0.25) is 0 Å². The summed E-state index contributed by atoms with van der Waals surface area (Å²) in [7, 11) is 1.85. The predicted molar refractivity (Wildman–Crippen MR) is 87.7 cm³/mol. The number of hydrogen-bond donors (Lipinski definition) is 2. The number of nitrogens with one attached hydrogen (secondary N) is 2. The summed E-state index contributed by atoms with van der Waals surface area (Å²) in [4.78, 5) is 17.0. The number of nitrogens with zero attached hydrogens (tertiary/aromatic N) is 1. The largest absolute Gasteiger partial charge is 0.388 e. The lowest BCUT2D eigenvalue weighted by atomic mass is 9.95. The highest BCUT2D eigenvalue weighted by Gasteiger charge is 2.23. The van der Waals surface area contributed by atoms with Gasteiger partial charge in [0.25, 0.3) is 5.91 Å². The summed E-state index contributed by atoms with van der Waals surface area (Å²) >= 11 is 0. The maximum Gasteiger partial charge on any atom is 0.270 e. The van der Waals surface area contributed by atoms with Crippen molar-refractivity contribution in [1.29, 1.82) is 0 Å². The van der Waals surface area contributed by atoms with Crippen molar-refractivity contribution in [3.63, 3.8) is 0 Å². The molecule has 0 unspecified atom stereocenters. The third-order valence-electron chi connectivity index (χ3n) is 4.19. The Morgan fingerprint density at radius 1 is 1.24 bits per heavy atom. The number of carbonyl (C=O) groups excluding carboxylic acids is 1. The van der Waals surface area contributed by atoms with Crippen LogP contribution in [0.5, 0.6) is 0 Å². The van der Waals surface area contributed by atoms with E-state index in [9.17, 15) is 4.79 Å². The van der Waals surface area contributed by atoms with Gasteiger partial charge in [-0.2, -0.15) is 0 Å². The van der Waals surface area contributed by atoms with E-state index in [-0.39, 0.29) is 11.4 Å². The summed E-state index contributed by atoms with van der Waals surface area (Å²) in [6, 6.07) is 9.63. The smallest absolute Gasteiger partial charge is 0.270 e. The summed E-state index contributed by atoms with van der Waals surface area (Å²) in [6.45, 7) is 6.22. The second-order valence-electron chi connectivity index (χ2n) is 5.54. The monoisotopic (exact) mass is 285 g/mol. The molecule has 112 valence electrons. The fourth-order valence-electron chi connectivity index (χ4n) is 2.26. The first-order chi connectivity index (χ1) is 10.0. The van der Waals surface area contributed by atoms with Gasteiger partial charge in [-0.05, 0) is 31.9 Å².